The van der Waals surface area contributed by atoms with Crippen LogP contribution in [0.5, 0.6) is 0 Å². The third-order valence-electron chi connectivity index (χ3n) is 5.87. The van der Waals surface area contributed by atoms with E-state index in [1.165, 1.54) is 0 Å². The smallest absolute Gasteiger partial charge is 0.256 e. The molecule has 0 aliphatic carbocycles. The average molecular weight is 484 g/mol. The summed E-state index contributed by atoms with van der Waals surface area (Å²) >= 11 is 12.9. The Bertz CT molecular complexity index is 1210. The van der Waals surface area contributed by atoms with Crippen molar-refractivity contribution < 1.29 is 9.59 Å². The van der Waals surface area contributed by atoms with Crippen molar-refractivity contribution in [1.29, 1.82) is 0 Å². The van der Waals surface area contributed by atoms with Crippen LogP contribution in [0.15, 0.2) is 54.6 Å². The normalized spacial score (nSPS) is 14.5. The van der Waals surface area contributed by atoms with Crippen LogP contribution in [0.4, 0.5) is 11.4 Å². The molecule has 7 heteroatoms. The number of hydrogen-bond donors (Lipinski definition) is 1. The van der Waals surface area contributed by atoms with Gasteiger partial charge in [0.1, 0.15) is 0 Å². The summed E-state index contributed by atoms with van der Waals surface area (Å²) < 4.78 is 0. The third kappa shape index (κ3) is 4.94. The SMILES string of the molecule is CC(C)(C)C(=O)N1CCN(c2ccc(NC(=O)c3cccc4c(Cl)cccc34)cc2Cl)CC1. The van der Waals surface area contributed by atoms with Gasteiger partial charge >= 0.3 is 0 Å². The Morgan fingerprint density at radius 3 is 2.18 bits per heavy atom. The standard InChI is InChI=1S/C26H27Cl2N3O2/c1-26(2,3)25(33)31-14-12-30(13-15-31)23-11-10-17(16-22(23)28)29-24(32)20-8-4-7-19-18(20)6-5-9-21(19)27/h4-11,16H,12-15H2,1-3H3,(H,29,32). The van der Waals surface area contributed by atoms with Crippen LogP contribution in [0.25, 0.3) is 10.8 Å². The number of fused-ring (bicyclic) bond motifs is 1. The van der Waals surface area contributed by atoms with Crippen LogP contribution in [0.2, 0.25) is 10.0 Å². The first-order chi connectivity index (χ1) is 15.6. The zero-order chi connectivity index (χ0) is 23.8. The van der Waals surface area contributed by atoms with Gasteiger partial charge in [0.05, 0.1) is 10.7 Å². The lowest BCUT2D eigenvalue weighted by atomic mass is 9.94. The number of benzene rings is 3. The van der Waals surface area contributed by atoms with E-state index in [4.69, 9.17) is 23.2 Å². The van der Waals surface area contributed by atoms with E-state index in [1.54, 1.807) is 12.1 Å². The minimum atomic E-state index is -0.380. The predicted molar refractivity (Wildman–Crippen MR) is 137 cm³/mol. The highest BCUT2D eigenvalue weighted by atomic mass is 35.5. The molecule has 3 aromatic rings. The van der Waals surface area contributed by atoms with Crippen molar-refractivity contribution in [2.24, 2.45) is 5.41 Å². The lowest BCUT2D eigenvalue weighted by molar-refractivity contribution is -0.139. The maximum absolute atomic E-state index is 13.0. The molecule has 1 fully saturated rings. The number of carbonyl (C=O) groups excluding carboxylic acids is 2. The lowest BCUT2D eigenvalue weighted by Gasteiger charge is -2.39. The third-order valence-corrected chi connectivity index (χ3v) is 6.50. The summed E-state index contributed by atoms with van der Waals surface area (Å²) in [5, 5.41) is 5.75. The second-order valence-corrected chi connectivity index (χ2v) is 10.1. The summed E-state index contributed by atoms with van der Waals surface area (Å²) in [5.74, 6) is -0.0537. The van der Waals surface area contributed by atoms with Gasteiger partial charge in [0.2, 0.25) is 5.91 Å². The largest absolute Gasteiger partial charge is 0.367 e. The summed E-state index contributed by atoms with van der Waals surface area (Å²) in [6.07, 6.45) is 0. The van der Waals surface area contributed by atoms with Crippen molar-refractivity contribution in [2.45, 2.75) is 20.8 Å². The van der Waals surface area contributed by atoms with Crippen molar-refractivity contribution in [2.75, 3.05) is 36.4 Å². The molecular weight excluding hydrogens is 457 g/mol. The molecule has 0 spiro atoms. The van der Waals surface area contributed by atoms with Crippen LogP contribution in [0.3, 0.4) is 0 Å². The maximum atomic E-state index is 13.0. The number of carbonyl (C=O) groups is 2. The Hall–Kier alpha value is -2.76. The molecule has 1 N–H and O–H groups in total. The van der Waals surface area contributed by atoms with Gasteiger partial charge < -0.3 is 15.1 Å². The van der Waals surface area contributed by atoms with Crippen LogP contribution in [0, 0.1) is 5.41 Å². The van der Waals surface area contributed by atoms with Gasteiger partial charge in [-0.2, -0.15) is 0 Å². The molecule has 0 unspecified atom stereocenters. The molecule has 0 atom stereocenters. The summed E-state index contributed by atoms with van der Waals surface area (Å²) in [6.45, 7) is 8.58. The highest BCUT2D eigenvalue weighted by Crippen LogP contribution is 2.31. The van der Waals surface area contributed by atoms with Gasteiger partial charge in [0, 0.05) is 53.3 Å². The van der Waals surface area contributed by atoms with Crippen molar-refractivity contribution in [3.8, 4) is 0 Å². The van der Waals surface area contributed by atoms with Crippen molar-refractivity contribution in [3.63, 3.8) is 0 Å². The Kier molecular flexibility index (Phi) is 6.55. The van der Waals surface area contributed by atoms with Gasteiger partial charge in [-0.3, -0.25) is 9.59 Å². The number of piperazine rings is 1. The van der Waals surface area contributed by atoms with Crippen LogP contribution in [-0.2, 0) is 4.79 Å². The second kappa shape index (κ2) is 9.24. The Morgan fingerprint density at radius 2 is 1.52 bits per heavy atom. The van der Waals surface area contributed by atoms with E-state index < -0.39 is 0 Å². The zero-order valence-electron chi connectivity index (χ0n) is 19.0. The second-order valence-electron chi connectivity index (χ2n) is 9.29. The van der Waals surface area contributed by atoms with Crippen LogP contribution in [-0.4, -0.2) is 42.9 Å². The quantitative estimate of drug-likeness (QED) is 0.489. The lowest BCUT2D eigenvalue weighted by Crippen LogP contribution is -2.51. The molecule has 0 aromatic heterocycles. The average Bonchev–Trinajstić information content (AvgIpc) is 2.78. The van der Waals surface area contributed by atoms with E-state index in [9.17, 15) is 9.59 Å². The molecule has 0 saturated carbocycles. The summed E-state index contributed by atoms with van der Waals surface area (Å²) in [6, 6.07) is 16.6. The molecule has 4 rings (SSSR count). The first-order valence-electron chi connectivity index (χ1n) is 11.0. The minimum Gasteiger partial charge on any atom is -0.367 e. The Labute approximate surface area is 204 Å². The van der Waals surface area contributed by atoms with E-state index in [0.717, 1.165) is 16.5 Å². The van der Waals surface area contributed by atoms with Gasteiger partial charge in [-0.25, -0.2) is 0 Å². The van der Waals surface area contributed by atoms with Gasteiger partial charge in [0.15, 0.2) is 0 Å². The molecule has 3 aromatic carbocycles. The Balaban J connectivity index is 1.46. The fourth-order valence-corrected chi connectivity index (χ4v) is 4.67. The molecule has 1 saturated heterocycles. The van der Waals surface area contributed by atoms with Crippen LogP contribution >= 0.6 is 23.2 Å². The summed E-state index contributed by atoms with van der Waals surface area (Å²) in [7, 11) is 0. The summed E-state index contributed by atoms with van der Waals surface area (Å²) in [4.78, 5) is 29.6. The molecular formula is C26H27Cl2N3O2. The van der Waals surface area contributed by atoms with Crippen molar-refractivity contribution in [1.82, 2.24) is 4.90 Å². The van der Waals surface area contributed by atoms with Crippen LogP contribution in [0.1, 0.15) is 31.1 Å². The number of rotatable bonds is 3. The van der Waals surface area contributed by atoms with E-state index in [2.05, 4.69) is 10.2 Å². The molecule has 172 valence electrons. The maximum Gasteiger partial charge on any atom is 0.256 e. The first kappa shape index (κ1) is 23.4. The fraction of sp³-hybridized carbons (Fsp3) is 0.308. The van der Waals surface area contributed by atoms with E-state index in [0.29, 0.717) is 47.5 Å². The number of amides is 2. The predicted octanol–water partition coefficient (Wildman–Crippen LogP) is 6.09. The van der Waals surface area contributed by atoms with Crippen LogP contribution < -0.4 is 10.2 Å². The Morgan fingerprint density at radius 1 is 0.848 bits per heavy atom. The number of hydrogen-bond acceptors (Lipinski definition) is 3. The zero-order valence-corrected chi connectivity index (χ0v) is 20.5. The molecule has 2 amide bonds. The number of anilines is 2. The summed E-state index contributed by atoms with van der Waals surface area (Å²) in [5.41, 5.74) is 1.69. The highest BCUT2D eigenvalue weighted by Gasteiger charge is 2.30. The van der Waals surface area contributed by atoms with Gasteiger partial charge in [-0.1, -0.05) is 68.2 Å². The fourth-order valence-electron chi connectivity index (χ4n) is 4.13. The molecule has 5 nitrogen and oxygen atoms in total. The van der Waals surface area contributed by atoms with E-state index in [-0.39, 0.29) is 17.2 Å². The van der Waals surface area contributed by atoms with E-state index in [1.807, 2.05) is 68.1 Å². The molecule has 1 aliphatic heterocycles. The molecule has 1 aliphatic rings. The number of nitrogens with zero attached hydrogens (tertiary/aromatic N) is 2. The number of halogens is 2. The number of nitrogens with one attached hydrogen (secondary N) is 1. The molecule has 33 heavy (non-hydrogen) atoms. The van der Waals surface area contributed by atoms with E-state index >= 15 is 0 Å². The van der Waals surface area contributed by atoms with Crippen molar-refractivity contribution >= 4 is 57.2 Å². The molecule has 0 bridgehead atoms. The van der Waals surface area contributed by atoms with Crippen molar-refractivity contribution in [3.05, 3.63) is 70.2 Å². The first-order valence-corrected chi connectivity index (χ1v) is 11.7. The monoisotopic (exact) mass is 483 g/mol. The minimum absolute atomic E-state index is 0.168. The topological polar surface area (TPSA) is 52.7 Å². The highest BCUT2D eigenvalue weighted by molar-refractivity contribution is 6.36. The van der Waals surface area contributed by atoms with Gasteiger partial charge in [0.25, 0.3) is 5.91 Å². The molecule has 0 radical (unpaired) electrons. The van der Waals surface area contributed by atoms with Gasteiger partial charge in [-0.05, 0) is 35.7 Å². The van der Waals surface area contributed by atoms with Gasteiger partial charge in [-0.15, -0.1) is 0 Å². The molecule has 1 heterocycles.